The molecular weight excluding hydrogens is 266 g/mol. The summed E-state index contributed by atoms with van der Waals surface area (Å²) in [7, 11) is 0. The fourth-order valence-corrected chi connectivity index (χ4v) is 2.66. The van der Waals surface area contributed by atoms with Crippen molar-refractivity contribution in [3.63, 3.8) is 0 Å². The zero-order valence-electron chi connectivity index (χ0n) is 10.1. The second-order valence-corrected chi connectivity index (χ2v) is 5.35. The molecule has 3 N–H and O–H groups in total. The van der Waals surface area contributed by atoms with E-state index in [-0.39, 0.29) is 0 Å². The van der Waals surface area contributed by atoms with E-state index in [1.807, 2.05) is 13.0 Å². The lowest BCUT2D eigenvalue weighted by molar-refractivity contribution is 0.423. The highest BCUT2D eigenvalue weighted by Gasteiger charge is 2.21. The summed E-state index contributed by atoms with van der Waals surface area (Å²) in [6, 6.07) is 3.68. The Balaban J connectivity index is 3.22. The largest absolute Gasteiger partial charge is 0.508 e. The van der Waals surface area contributed by atoms with Crippen molar-refractivity contribution in [3.05, 3.63) is 27.7 Å². The number of hydrogen-bond acceptors (Lipinski definition) is 2. The monoisotopic (exact) mass is 285 g/mol. The van der Waals surface area contributed by atoms with Crippen LogP contribution in [-0.2, 0) is 0 Å². The van der Waals surface area contributed by atoms with Crippen LogP contribution < -0.4 is 5.73 Å². The summed E-state index contributed by atoms with van der Waals surface area (Å²) in [6.07, 6.45) is 0.896. The van der Waals surface area contributed by atoms with E-state index < -0.39 is 0 Å². The molecule has 2 nitrogen and oxygen atoms in total. The summed E-state index contributed by atoms with van der Waals surface area (Å²) >= 11 is 3.57. The van der Waals surface area contributed by atoms with Crippen LogP contribution in [0, 0.1) is 12.8 Å². The molecule has 0 amide bonds. The van der Waals surface area contributed by atoms with Crippen molar-refractivity contribution in [3.8, 4) is 5.75 Å². The molecule has 0 aliphatic rings. The summed E-state index contributed by atoms with van der Waals surface area (Å²) in [5.74, 6) is 1.14. The third kappa shape index (κ3) is 2.77. The maximum absolute atomic E-state index is 9.99. The average molecular weight is 286 g/mol. The molecule has 0 saturated heterocycles. The first-order chi connectivity index (χ1) is 7.49. The molecule has 0 fully saturated rings. The van der Waals surface area contributed by atoms with Crippen LogP contribution >= 0.6 is 15.9 Å². The standard InChI is InChI=1S/C13H20BrNO/c1-8(2)10(6-7-15)12-11(16)5-4-9(3)13(12)14/h4-5,8,10,16H,6-7,15H2,1-3H3. The van der Waals surface area contributed by atoms with Gasteiger partial charge < -0.3 is 10.8 Å². The van der Waals surface area contributed by atoms with E-state index in [1.165, 1.54) is 0 Å². The molecule has 16 heavy (non-hydrogen) atoms. The number of hydrogen-bond donors (Lipinski definition) is 2. The van der Waals surface area contributed by atoms with Crippen molar-refractivity contribution in [1.29, 1.82) is 0 Å². The van der Waals surface area contributed by atoms with Crippen molar-refractivity contribution in [1.82, 2.24) is 0 Å². The lowest BCUT2D eigenvalue weighted by atomic mass is 9.84. The number of aryl methyl sites for hydroxylation is 1. The minimum absolute atomic E-state index is 0.305. The maximum atomic E-state index is 9.99. The van der Waals surface area contributed by atoms with Crippen molar-refractivity contribution >= 4 is 15.9 Å². The van der Waals surface area contributed by atoms with Crippen LogP contribution in [0.1, 0.15) is 37.3 Å². The fourth-order valence-electron chi connectivity index (χ4n) is 2.04. The average Bonchev–Trinajstić information content (AvgIpc) is 2.22. The second-order valence-electron chi connectivity index (χ2n) is 4.56. The Morgan fingerprint density at radius 2 is 2.00 bits per heavy atom. The van der Waals surface area contributed by atoms with Crippen LogP contribution in [-0.4, -0.2) is 11.7 Å². The smallest absolute Gasteiger partial charge is 0.120 e. The van der Waals surface area contributed by atoms with Gasteiger partial charge in [0.2, 0.25) is 0 Å². The van der Waals surface area contributed by atoms with Crippen molar-refractivity contribution in [2.75, 3.05) is 6.54 Å². The molecule has 0 aliphatic carbocycles. The van der Waals surface area contributed by atoms with Gasteiger partial charge in [0.1, 0.15) is 5.75 Å². The molecule has 1 aromatic carbocycles. The Labute approximate surface area is 106 Å². The van der Waals surface area contributed by atoms with Gasteiger partial charge in [-0.15, -0.1) is 0 Å². The predicted octanol–water partition coefficient (Wildman–Crippen LogP) is 3.55. The Morgan fingerprint density at radius 1 is 1.38 bits per heavy atom. The molecule has 0 heterocycles. The van der Waals surface area contributed by atoms with Crippen molar-refractivity contribution in [2.24, 2.45) is 11.7 Å². The van der Waals surface area contributed by atoms with Crippen LogP contribution in [0.25, 0.3) is 0 Å². The van der Waals surface area contributed by atoms with Gasteiger partial charge in [0.05, 0.1) is 0 Å². The number of aromatic hydroxyl groups is 1. The molecule has 1 atom stereocenters. The Bertz CT molecular complexity index is 363. The molecule has 0 radical (unpaired) electrons. The predicted molar refractivity (Wildman–Crippen MR) is 71.8 cm³/mol. The molecule has 0 bridgehead atoms. The molecule has 0 aromatic heterocycles. The molecule has 1 unspecified atom stereocenters. The zero-order chi connectivity index (χ0) is 12.3. The van der Waals surface area contributed by atoms with Gasteiger partial charge in [-0.25, -0.2) is 0 Å². The first-order valence-electron chi connectivity index (χ1n) is 5.67. The SMILES string of the molecule is Cc1ccc(O)c(C(CCN)C(C)C)c1Br. The van der Waals surface area contributed by atoms with E-state index in [9.17, 15) is 5.11 Å². The number of benzene rings is 1. The van der Waals surface area contributed by atoms with Gasteiger partial charge in [-0.3, -0.25) is 0 Å². The molecule has 1 aromatic rings. The van der Waals surface area contributed by atoms with Gasteiger partial charge in [0.25, 0.3) is 0 Å². The quantitative estimate of drug-likeness (QED) is 0.889. The second kappa shape index (κ2) is 5.69. The third-order valence-corrected chi connectivity index (χ3v) is 4.06. The fraction of sp³-hybridized carbons (Fsp3) is 0.538. The summed E-state index contributed by atoms with van der Waals surface area (Å²) in [5.41, 5.74) is 7.79. The van der Waals surface area contributed by atoms with E-state index in [0.717, 1.165) is 22.0 Å². The highest BCUT2D eigenvalue weighted by atomic mass is 79.9. The third-order valence-electron chi connectivity index (χ3n) is 3.00. The van der Waals surface area contributed by atoms with Gasteiger partial charge in [-0.2, -0.15) is 0 Å². The Morgan fingerprint density at radius 3 is 2.50 bits per heavy atom. The number of rotatable bonds is 4. The molecule has 90 valence electrons. The summed E-state index contributed by atoms with van der Waals surface area (Å²) in [5, 5.41) is 9.99. The molecule has 1 rings (SSSR count). The van der Waals surface area contributed by atoms with Crippen LogP contribution in [0.4, 0.5) is 0 Å². The number of phenols is 1. The minimum atomic E-state index is 0.305. The number of phenolic OH excluding ortho intramolecular Hbond substituents is 1. The first-order valence-corrected chi connectivity index (χ1v) is 6.46. The summed E-state index contributed by atoms with van der Waals surface area (Å²) in [4.78, 5) is 0. The molecule has 0 aliphatic heterocycles. The highest BCUT2D eigenvalue weighted by Crippen LogP contribution is 2.40. The molecule has 0 spiro atoms. The lowest BCUT2D eigenvalue weighted by Gasteiger charge is -2.23. The van der Waals surface area contributed by atoms with Crippen LogP contribution in [0.5, 0.6) is 5.75 Å². The van der Waals surface area contributed by atoms with Gasteiger partial charge in [0.15, 0.2) is 0 Å². The molecule has 3 heteroatoms. The Kier molecular flexibility index (Phi) is 4.81. The highest BCUT2D eigenvalue weighted by molar-refractivity contribution is 9.10. The lowest BCUT2D eigenvalue weighted by Crippen LogP contribution is -2.13. The summed E-state index contributed by atoms with van der Waals surface area (Å²) < 4.78 is 1.01. The van der Waals surface area contributed by atoms with E-state index in [1.54, 1.807) is 6.07 Å². The van der Waals surface area contributed by atoms with Crippen molar-refractivity contribution in [2.45, 2.75) is 33.1 Å². The maximum Gasteiger partial charge on any atom is 0.120 e. The van der Waals surface area contributed by atoms with Crippen molar-refractivity contribution < 1.29 is 5.11 Å². The van der Waals surface area contributed by atoms with E-state index in [2.05, 4.69) is 29.8 Å². The van der Waals surface area contributed by atoms with Gasteiger partial charge >= 0.3 is 0 Å². The van der Waals surface area contributed by atoms with Crippen LogP contribution in [0.15, 0.2) is 16.6 Å². The van der Waals surface area contributed by atoms with Crippen LogP contribution in [0.2, 0.25) is 0 Å². The molecule has 0 saturated carbocycles. The van der Waals surface area contributed by atoms with E-state index >= 15 is 0 Å². The number of nitrogens with two attached hydrogens (primary N) is 1. The topological polar surface area (TPSA) is 46.2 Å². The first kappa shape index (κ1) is 13.5. The van der Waals surface area contributed by atoms with Gasteiger partial charge in [0, 0.05) is 10.0 Å². The summed E-state index contributed by atoms with van der Waals surface area (Å²) in [6.45, 7) is 7.00. The van der Waals surface area contributed by atoms with Crippen LogP contribution in [0.3, 0.4) is 0 Å². The normalized spacial score (nSPS) is 13.1. The Hall–Kier alpha value is -0.540. The van der Waals surface area contributed by atoms with Gasteiger partial charge in [-0.1, -0.05) is 35.8 Å². The zero-order valence-corrected chi connectivity index (χ0v) is 11.7. The van der Waals surface area contributed by atoms with Gasteiger partial charge in [-0.05, 0) is 43.4 Å². The van der Waals surface area contributed by atoms with E-state index in [0.29, 0.717) is 24.1 Å². The van der Waals surface area contributed by atoms with E-state index in [4.69, 9.17) is 5.73 Å². The molecular formula is C13H20BrNO. The minimum Gasteiger partial charge on any atom is -0.508 e. The number of halogens is 1.